The van der Waals surface area contributed by atoms with Crippen LogP contribution in [0.15, 0.2) is 0 Å². The maximum atomic E-state index is 11.0. The molecule has 0 aromatic carbocycles. The van der Waals surface area contributed by atoms with E-state index in [-0.39, 0.29) is 6.42 Å². The van der Waals surface area contributed by atoms with Crippen LogP contribution in [0.3, 0.4) is 0 Å². The molecule has 5 heteroatoms. The first-order chi connectivity index (χ1) is 8.75. The summed E-state index contributed by atoms with van der Waals surface area (Å²) in [6.45, 7) is 2.49. The number of aryl methyl sites for hydroxylation is 1. The summed E-state index contributed by atoms with van der Waals surface area (Å²) >= 11 is 0. The van der Waals surface area contributed by atoms with E-state index >= 15 is 0 Å². The zero-order chi connectivity index (χ0) is 12.5. The molecule has 3 rings (SSSR count). The molecule has 0 radical (unpaired) electrons. The molecule has 0 aliphatic carbocycles. The first kappa shape index (κ1) is 11.7. The van der Waals surface area contributed by atoms with Crippen LogP contribution in [0.2, 0.25) is 0 Å². The van der Waals surface area contributed by atoms with Crippen LogP contribution < -0.4 is 0 Å². The molecule has 18 heavy (non-hydrogen) atoms. The Morgan fingerprint density at radius 2 is 2.22 bits per heavy atom. The minimum atomic E-state index is -0.792. The first-order valence-corrected chi connectivity index (χ1v) is 6.63. The predicted molar refractivity (Wildman–Crippen MR) is 64.7 cm³/mol. The number of fused-ring (bicyclic) bond motifs is 1. The minimum absolute atomic E-state index is 0.0483. The molecule has 1 N–H and O–H groups in total. The number of carbonyl (C=O) groups is 1. The van der Waals surface area contributed by atoms with Crippen molar-refractivity contribution < 1.29 is 14.6 Å². The molecule has 2 aliphatic heterocycles. The number of rotatable bonds is 3. The highest BCUT2D eigenvalue weighted by atomic mass is 16.5. The molecule has 3 heterocycles. The maximum Gasteiger partial charge on any atom is 0.309 e. The van der Waals surface area contributed by atoms with Crippen molar-refractivity contribution in [2.45, 2.75) is 44.6 Å². The van der Waals surface area contributed by atoms with Crippen LogP contribution in [0.25, 0.3) is 0 Å². The second-order valence-electron chi connectivity index (χ2n) is 5.09. The van der Waals surface area contributed by atoms with Gasteiger partial charge >= 0.3 is 5.97 Å². The third-order valence-electron chi connectivity index (χ3n) is 3.91. The van der Waals surface area contributed by atoms with Crippen molar-refractivity contribution in [2.75, 3.05) is 13.2 Å². The van der Waals surface area contributed by atoms with Gasteiger partial charge in [-0.15, -0.1) is 0 Å². The van der Waals surface area contributed by atoms with Crippen LogP contribution in [0.5, 0.6) is 0 Å². The van der Waals surface area contributed by atoms with Gasteiger partial charge in [0, 0.05) is 31.0 Å². The number of hydrogen-bond donors (Lipinski definition) is 1. The number of aromatic nitrogens is 2. The van der Waals surface area contributed by atoms with Gasteiger partial charge in [0.2, 0.25) is 0 Å². The fraction of sp³-hybridized carbons (Fsp3) is 0.692. The molecule has 0 saturated carbocycles. The molecule has 0 unspecified atom stereocenters. The van der Waals surface area contributed by atoms with Crippen molar-refractivity contribution >= 4 is 5.97 Å². The van der Waals surface area contributed by atoms with Crippen LogP contribution in [-0.2, 0) is 28.9 Å². The number of hydrogen-bond acceptors (Lipinski definition) is 3. The number of aliphatic carboxylic acids is 1. The van der Waals surface area contributed by atoms with Crippen LogP contribution in [0.4, 0.5) is 0 Å². The van der Waals surface area contributed by atoms with Crippen molar-refractivity contribution in [3.05, 3.63) is 17.0 Å². The fourth-order valence-electron chi connectivity index (χ4n) is 3.14. The summed E-state index contributed by atoms with van der Waals surface area (Å²) in [5, 5.41) is 13.5. The van der Waals surface area contributed by atoms with E-state index in [9.17, 15) is 4.79 Å². The number of nitrogens with zero attached hydrogens (tertiary/aromatic N) is 2. The van der Waals surface area contributed by atoms with E-state index in [2.05, 4.69) is 5.10 Å². The molecule has 98 valence electrons. The van der Waals surface area contributed by atoms with Gasteiger partial charge in [0.05, 0.1) is 12.1 Å². The van der Waals surface area contributed by atoms with Gasteiger partial charge in [-0.1, -0.05) is 0 Å². The maximum absolute atomic E-state index is 11.0. The van der Waals surface area contributed by atoms with Crippen LogP contribution in [0.1, 0.15) is 42.1 Å². The highest BCUT2D eigenvalue weighted by Gasteiger charge is 2.29. The molecule has 1 aromatic rings. The Morgan fingerprint density at radius 1 is 1.44 bits per heavy atom. The molecule has 0 bridgehead atoms. The first-order valence-electron chi connectivity index (χ1n) is 6.63. The molecule has 2 aliphatic rings. The SMILES string of the molecule is O=C(O)Cc1nn2c(c1C1CCOCC1)CCC2. The van der Waals surface area contributed by atoms with Gasteiger partial charge in [0.1, 0.15) is 0 Å². The summed E-state index contributed by atoms with van der Waals surface area (Å²) in [6, 6.07) is 0. The minimum Gasteiger partial charge on any atom is -0.481 e. The molecular weight excluding hydrogens is 232 g/mol. The monoisotopic (exact) mass is 250 g/mol. The summed E-state index contributed by atoms with van der Waals surface area (Å²) in [5.41, 5.74) is 3.28. The molecule has 5 nitrogen and oxygen atoms in total. The number of ether oxygens (including phenoxy) is 1. The predicted octanol–water partition coefficient (Wildman–Crippen LogP) is 1.35. The van der Waals surface area contributed by atoms with E-state index in [1.807, 2.05) is 4.68 Å². The second kappa shape index (κ2) is 4.72. The lowest BCUT2D eigenvalue weighted by Crippen LogP contribution is -2.17. The summed E-state index contributed by atoms with van der Waals surface area (Å²) in [4.78, 5) is 11.0. The van der Waals surface area contributed by atoms with E-state index in [4.69, 9.17) is 9.84 Å². The third kappa shape index (κ3) is 2.03. The summed E-state index contributed by atoms with van der Waals surface area (Å²) in [7, 11) is 0. The Hall–Kier alpha value is -1.36. The van der Waals surface area contributed by atoms with E-state index in [1.54, 1.807) is 0 Å². The average molecular weight is 250 g/mol. The Labute approximate surface area is 106 Å². The lowest BCUT2D eigenvalue weighted by Gasteiger charge is -2.23. The lowest BCUT2D eigenvalue weighted by molar-refractivity contribution is -0.136. The Balaban J connectivity index is 1.95. The smallest absolute Gasteiger partial charge is 0.309 e. The second-order valence-corrected chi connectivity index (χ2v) is 5.09. The fourth-order valence-corrected chi connectivity index (χ4v) is 3.14. The van der Waals surface area contributed by atoms with Crippen molar-refractivity contribution in [3.8, 4) is 0 Å². The Bertz CT molecular complexity index is 461. The van der Waals surface area contributed by atoms with E-state index in [0.29, 0.717) is 5.92 Å². The summed E-state index contributed by atoms with van der Waals surface area (Å²) in [6.07, 6.45) is 4.20. The van der Waals surface area contributed by atoms with Crippen molar-refractivity contribution in [3.63, 3.8) is 0 Å². The summed E-state index contributed by atoms with van der Waals surface area (Å²) < 4.78 is 7.41. The van der Waals surface area contributed by atoms with Gasteiger partial charge in [0.15, 0.2) is 0 Å². The molecule has 1 saturated heterocycles. The quantitative estimate of drug-likeness (QED) is 0.879. The Kier molecular flexibility index (Phi) is 3.07. The molecular formula is C13H18N2O3. The largest absolute Gasteiger partial charge is 0.481 e. The molecule has 0 atom stereocenters. The topological polar surface area (TPSA) is 64.3 Å². The van der Waals surface area contributed by atoms with Gasteiger partial charge in [-0.05, 0) is 31.6 Å². The van der Waals surface area contributed by atoms with Crippen LogP contribution in [-0.4, -0.2) is 34.1 Å². The van der Waals surface area contributed by atoms with Crippen LogP contribution in [0, 0.1) is 0 Å². The molecule has 0 amide bonds. The van der Waals surface area contributed by atoms with E-state index < -0.39 is 5.97 Å². The van der Waals surface area contributed by atoms with Gasteiger partial charge in [-0.3, -0.25) is 9.48 Å². The van der Waals surface area contributed by atoms with Crippen molar-refractivity contribution in [1.82, 2.24) is 9.78 Å². The van der Waals surface area contributed by atoms with Crippen molar-refractivity contribution in [2.24, 2.45) is 0 Å². The van der Waals surface area contributed by atoms with Gasteiger partial charge in [-0.25, -0.2) is 0 Å². The summed E-state index contributed by atoms with van der Waals surface area (Å²) in [5.74, 6) is -0.352. The highest BCUT2D eigenvalue weighted by Crippen LogP contribution is 2.35. The molecule has 1 aromatic heterocycles. The highest BCUT2D eigenvalue weighted by molar-refractivity contribution is 5.70. The van der Waals surface area contributed by atoms with E-state index in [1.165, 1.54) is 11.3 Å². The zero-order valence-electron chi connectivity index (χ0n) is 10.4. The Morgan fingerprint density at radius 3 is 2.94 bits per heavy atom. The van der Waals surface area contributed by atoms with Gasteiger partial charge < -0.3 is 9.84 Å². The number of carboxylic acid groups (broad SMARTS) is 1. The lowest BCUT2D eigenvalue weighted by atomic mass is 9.88. The molecule has 1 fully saturated rings. The van der Waals surface area contributed by atoms with E-state index in [0.717, 1.165) is 51.1 Å². The van der Waals surface area contributed by atoms with Gasteiger partial charge in [0.25, 0.3) is 0 Å². The normalized spacial score (nSPS) is 20.0. The van der Waals surface area contributed by atoms with Crippen LogP contribution >= 0.6 is 0 Å². The molecule has 0 spiro atoms. The standard InChI is InChI=1S/C13H18N2O3/c16-12(17)8-10-13(9-3-6-18-7-4-9)11-2-1-5-15(11)14-10/h9H,1-8H2,(H,16,17). The van der Waals surface area contributed by atoms with Gasteiger partial charge in [-0.2, -0.15) is 5.10 Å². The number of carboxylic acids is 1. The third-order valence-corrected chi connectivity index (χ3v) is 3.91. The zero-order valence-corrected chi connectivity index (χ0v) is 10.4. The van der Waals surface area contributed by atoms with Crippen molar-refractivity contribution in [1.29, 1.82) is 0 Å². The average Bonchev–Trinajstić information content (AvgIpc) is 2.89.